The van der Waals surface area contributed by atoms with Crippen LogP contribution < -0.4 is 5.73 Å². The molecule has 1 aromatic heterocycles. The van der Waals surface area contributed by atoms with Gasteiger partial charge in [-0.15, -0.1) is 0 Å². The molecule has 5 nitrogen and oxygen atoms in total. The minimum absolute atomic E-state index is 0.0712. The molecule has 0 aromatic carbocycles. The summed E-state index contributed by atoms with van der Waals surface area (Å²) in [7, 11) is -2.90. The van der Waals surface area contributed by atoms with E-state index in [-0.39, 0.29) is 17.5 Å². The van der Waals surface area contributed by atoms with Gasteiger partial charge in [-0.3, -0.25) is 0 Å². The maximum atomic E-state index is 11.6. The second-order valence-electron chi connectivity index (χ2n) is 5.92. The first kappa shape index (κ1) is 13.0. The predicted octanol–water partition coefficient (Wildman–Crippen LogP) is 1.51. The lowest BCUT2D eigenvalue weighted by atomic mass is 10.1. The first-order valence-electron chi connectivity index (χ1n) is 7.00. The number of nitrogens with zero attached hydrogens (tertiary/aromatic N) is 2. The predicted molar refractivity (Wildman–Crippen MR) is 74.8 cm³/mol. The average Bonchev–Trinajstić information content (AvgIpc) is 2.80. The fourth-order valence-electron chi connectivity index (χ4n) is 3.11. The Morgan fingerprint density at radius 2 is 2.16 bits per heavy atom. The van der Waals surface area contributed by atoms with Gasteiger partial charge in [0.15, 0.2) is 9.84 Å². The van der Waals surface area contributed by atoms with E-state index < -0.39 is 9.84 Å². The van der Waals surface area contributed by atoms with Crippen molar-refractivity contribution in [2.45, 2.75) is 45.1 Å². The lowest BCUT2D eigenvalue weighted by molar-refractivity contribution is 0.501. The van der Waals surface area contributed by atoms with Crippen LogP contribution in [0.25, 0.3) is 0 Å². The van der Waals surface area contributed by atoms with Gasteiger partial charge in [-0.25, -0.2) is 13.1 Å². The molecule has 3 atom stereocenters. The molecule has 1 saturated heterocycles. The van der Waals surface area contributed by atoms with Crippen LogP contribution in [0, 0.1) is 5.92 Å². The Morgan fingerprint density at radius 1 is 1.47 bits per heavy atom. The number of hydrogen-bond donors (Lipinski definition) is 1. The molecule has 2 N–H and O–H groups in total. The summed E-state index contributed by atoms with van der Waals surface area (Å²) in [5, 5.41) is 4.67. The molecule has 0 radical (unpaired) electrons. The summed E-state index contributed by atoms with van der Waals surface area (Å²) in [4.78, 5) is 0. The summed E-state index contributed by atoms with van der Waals surface area (Å²) in [5.74, 6) is 2.32. The molecule has 2 fully saturated rings. The molecule has 6 heteroatoms. The fraction of sp³-hybridized carbons (Fsp3) is 0.769. The van der Waals surface area contributed by atoms with Gasteiger partial charge in [0.25, 0.3) is 0 Å². The van der Waals surface area contributed by atoms with Crippen LogP contribution in [0.3, 0.4) is 0 Å². The molecule has 1 aliphatic heterocycles. The molecule has 1 aliphatic carbocycles. The molecular formula is C13H21N3O2S. The van der Waals surface area contributed by atoms with Gasteiger partial charge in [-0.1, -0.05) is 13.8 Å². The summed E-state index contributed by atoms with van der Waals surface area (Å²) in [6.07, 6.45) is 2.67. The number of rotatable bonds is 3. The maximum Gasteiger partial charge on any atom is 0.152 e. The van der Waals surface area contributed by atoms with E-state index in [0.29, 0.717) is 24.1 Å². The van der Waals surface area contributed by atoms with E-state index in [4.69, 9.17) is 5.73 Å². The third kappa shape index (κ3) is 2.16. The molecule has 1 saturated carbocycles. The van der Waals surface area contributed by atoms with Crippen LogP contribution in [0.15, 0.2) is 0 Å². The number of aromatic nitrogens is 2. The second kappa shape index (κ2) is 4.23. The van der Waals surface area contributed by atoms with Crippen molar-refractivity contribution in [2.24, 2.45) is 5.92 Å². The van der Waals surface area contributed by atoms with Crippen LogP contribution >= 0.6 is 0 Å². The Balaban J connectivity index is 1.96. The van der Waals surface area contributed by atoms with E-state index >= 15 is 0 Å². The SMILES string of the molecule is CCc1c(C2CC2C)nn(C2CCS(=O)(=O)C2)c1N. The highest BCUT2D eigenvalue weighted by Crippen LogP contribution is 2.48. The van der Waals surface area contributed by atoms with Gasteiger partial charge < -0.3 is 5.73 Å². The van der Waals surface area contributed by atoms with Crippen molar-refractivity contribution in [2.75, 3.05) is 17.2 Å². The number of sulfone groups is 1. The number of nitrogens with two attached hydrogens (primary N) is 1. The standard InChI is InChI=1S/C13H21N3O2S/c1-3-10-12(11-6-8(11)2)15-16(13(10)14)9-4-5-19(17,18)7-9/h8-9,11H,3-7,14H2,1-2H3. The number of nitrogen functional groups attached to an aromatic ring is 1. The molecule has 0 bridgehead atoms. The fourth-order valence-corrected chi connectivity index (χ4v) is 4.80. The zero-order chi connectivity index (χ0) is 13.8. The Kier molecular flexibility index (Phi) is 2.89. The molecule has 1 aromatic rings. The monoisotopic (exact) mass is 283 g/mol. The van der Waals surface area contributed by atoms with Crippen LogP contribution in [-0.2, 0) is 16.3 Å². The van der Waals surface area contributed by atoms with Crippen LogP contribution in [0.4, 0.5) is 5.82 Å². The van der Waals surface area contributed by atoms with E-state index in [1.807, 2.05) is 0 Å². The van der Waals surface area contributed by atoms with Gasteiger partial charge in [-0.2, -0.15) is 5.10 Å². The van der Waals surface area contributed by atoms with Gasteiger partial charge in [0, 0.05) is 11.5 Å². The zero-order valence-electron chi connectivity index (χ0n) is 11.5. The van der Waals surface area contributed by atoms with Crippen molar-refractivity contribution in [1.29, 1.82) is 0 Å². The summed E-state index contributed by atoms with van der Waals surface area (Å²) in [6.45, 7) is 4.30. The average molecular weight is 283 g/mol. The van der Waals surface area contributed by atoms with Crippen LogP contribution in [0.1, 0.15) is 49.9 Å². The minimum Gasteiger partial charge on any atom is -0.384 e. The quantitative estimate of drug-likeness (QED) is 0.912. The molecule has 0 spiro atoms. The van der Waals surface area contributed by atoms with E-state index in [0.717, 1.165) is 17.7 Å². The smallest absolute Gasteiger partial charge is 0.152 e. The maximum absolute atomic E-state index is 11.6. The molecule has 106 valence electrons. The summed E-state index contributed by atoms with van der Waals surface area (Å²) < 4.78 is 25.0. The lowest BCUT2D eigenvalue weighted by Gasteiger charge is -2.10. The van der Waals surface area contributed by atoms with E-state index in [9.17, 15) is 8.42 Å². The number of anilines is 1. The summed E-state index contributed by atoms with van der Waals surface area (Å²) >= 11 is 0. The normalized spacial score (nSPS) is 32.6. The topological polar surface area (TPSA) is 78.0 Å². The third-order valence-electron chi connectivity index (χ3n) is 4.45. The van der Waals surface area contributed by atoms with Gasteiger partial charge in [-0.05, 0) is 25.2 Å². The van der Waals surface area contributed by atoms with Crippen LogP contribution in [0.2, 0.25) is 0 Å². The molecule has 2 heterocycles. The Morgan fingerprint density at radius 3 is 2.63 bits per heavy atom. The van der Waals surface area contributed by atoms with Crippen molar-refractivity contribution in [3.8, 4) is 0 Å². The largest absolute Gasteiger partial charge is 0.384 e. The summed E-state index contributed by atoms with van der Waals surface area (Å²) in [6, 6.07) is -0.0712. The van der Waals surface area contributed by atoms with Crippen LogP contribution in [-0.4, -0.2) is 29.7 Å². The molecule has 0 amide bonds. The third-order valence-corrected chi connectivity index (χ3v) is 6.20. The molecular weight excluding hydrogens is 262 g/mol. The molecule has 19 heavy (non-hydrogen) atoms. The summed E-state index contributed by atoms with van der Waals surface area (Å²) in [5.41, 5.74) is 8.43. The van der Waals surface area contributed by atoms with Gasteiger partial charge in [0.1, 0.15) is 5.82 Å². The molecule has 3 unspecified atom stereocenters. The van der Waals surface area contributed by atoms with Gasteiger partial charge >= 0.3 is 0 Å². The highest BCUT2D eigenvalue weighted by atomic mass is 32.2. The van der Waals surface area contributed by atoms with E-state index in [2.05, 4.69) is 18.9 Å². The van der Waals surface area contributed by atoms with Crippen molar-refractivity contribution >= 4 is 15.7 Å². The number of hydrogen-bond acceptors (Lipinski definition) is 4. The van der Waals surface area contributed by atoms with Crippen molar-refractivity contribution in [1.82, 2.24) is 9.78 Å². The second-order valence-corrected chi connectivity index (χ2v) is 8.15. The molecule has 2 aliphatic rings. The van der Waals surface area contributed by atoms with E-state index in [1.165, 1.54) is 6.42 Å². The van der Waals surface area contributed by atoms with E-state index in [1.54, 1.807) is 4.68 Å². The van der Waals surface area contributed by atoms with Crippen LogP contribution in [0.5, 0.6) is 0 Å². The Bertz CT molecular complexity index is 606. The highest BCUT2D eigenvalue weighted by molar-refractivity contribution is 7.91. The Labute approximate surface area is 114 Å². The Hall–Kier alpha value is -1.04. The van der Waals surface area contributed by atoms with Crippen molar-refractivity contribution in [3.63, 3.8) is 0 Å². The zero-order valence-corrected chi connectivity index (χ0v) is 12.3. The van der Waals surface area contributed by atoms with Gasteiger partial charge in [0.2, 0.25) is 0 Å². The van der Waals surface area contributed by atoms with Gasteiger partial charge in [0.05, 0.1) is 23.2 Å². The molecule has 3 rings (SSSR count). The lowest BCUT2D eigenvalue weighted by Crippen LogP contribution is -2.15. The first-order chi connectivity index (χ1) is 8.93. The minimum atomic E-state index is -2.90. The van der Waals surface area contributed by atoms with Crippen molar-refractivity contribution in [3.05, 3.63) is 11.3 Å². The highest BCUT2D eigenvalue weighted by Gasteiger charge is 2.40. The first-order valence-corrected chi connectivity index (χ1v) is 8.82. The van der Waals surface area contributed by atoms with Crippen molar-refractivity contribution < 1.29 is 8.42 Å².